The Morgan fingerprint density at radius 3 is 2.75 bits per heavy atom. The quantitative estimate of drug-likeness (QED) is 0.881. The molecule has 1 aliphatic rings. The maximum Gasteiger partial charge on any atom is 0.151 e. The van der Waals surface area contributed by atoms with Crippen LogP contribution in [0.5, 0.6) is 11.5 Å². The van der Waals surface area contributed by atoms with Crippen molar-refractivity contribution >= 4 is 5.69 Å². The summed E-state index contributed by atoms with van der Waals surface area (Å²) >= 11 is 0. The Bertz CT molecular complexity index is 586. The zero-order chi connectivity index (χ0) is 13.9. The van der Waals surface area contributed by atoms with Gasteiger partial charge in [-0.3, -0.25) is 0 Å². The monoisotopic (exact) mass is 271 g/mol. The number of fused-ring (bicyclic) bond motifs is 1. The van der Waals surface area contributed by atoms with Crippen molar-refractivity contribution in [2.45, 2.75) is 12.2 Å². The third kappa shape index (κ3) is 2.42. The van der Waals surface area contributed by atoms with Crippen LogP contribution in [0.4, 0.5) is 5.69 Å². The highest BCUT2D eigenvalue weighted by Crippen LogP contribution is 2.36. The second-order valence-electron chi connectivity index (χ2n) is 4.76. The number of aliphatic hydroxyl groups is 1. The predicted molar refractivity (Wildman–Crippen MR) is 77.3 cm³/mol. The summed E-state index contributed by atoms with van der Waals surface area (Å²) in [6, 6.07) is 15.3. The van der Waals surface area contributed by atoms with E-state index in [4.69, 9.17) is 9.47 Å². The summed E-state index contributed by atoms with van der Waals surface area (Å²) < 4.78 is 11.2. The first-order valence-electron chi connectivity index (χ1n) is 6.59. The molecule has 4 nitrogen and oxygen atoms in total. The molecule has 2 aromatic rings. The molecule has 0 radical (unpaired) electrons. The molecule has 0 saturated heterocycles. The van der Waals surface area contributed by atoms with E-state index in [9.17, 15) is 5.11 Å². The lowest BCUT2D eigenvalue weighted by molar-refractivity contribution is 0.0489. The van der Waals surface area contributed by atoms with Crippen molar-refractivity contribution in [3.05, 3.63) is 54.1 Å². The molecule has 0 aliphatic carbocycles. The summed E-state index contributed by atoms with van der Waals surface area (Å²) in [5.41, 5.74) is 1.80. The Morgan fingerprint density at radius 2 is 2.00 bits per heavy atom. The van der Waals surface area contributed by atoms with Gasteiger partial charge >= 0.3 is 0 Å². The number of benzene rings is 2. The largest absolute Gasteiger partial charge is 0.497 e. The Balaban J connectivity index is 1.94. The number of anilines is 1. The third-order valence-corrected chi connectivity index (χ3v) is 3.42. The van der Waals surface area contributed by atoms with Crippen LogP contribution >= 0.6 is 0 Å². The molecule has 2 aromatic carbocycles. The van der Waals surface area contributed by atoms with Gasteiger partial charge in [0.2, 0.25) is 0 Å². The minimum absolute atomic E-state index is 0.377. The summed E-state index contributed by atoms with van der Waals surface area (Å²) in [4.78, 5) is 0. The van der Waals surface area contributed by atoms with E-state index in [-0.39, 0.29) is 6.10 Å². The number of hydrogen-bond acceptors (Lipinski definition) is 4. The molecule has 2 atom stereocenters. The first-order chi connectivity index (χ1) is 9.78. The van der Waals surface area contributed by atoms with Crippen molar-refractivity contribution in [2.75, 3.05) is 19.0 Å². The molecule has 20 heavy (non-hydrogen) atoms. The fourth-order valence-corrected chi connectivity index (χ4v) is 2.35. The lowest BCUT2D eigenvalue weighted by atomic mass is 10.0. The summed E-state index contributed by atoms with van der Waals surface area (Å²) in [6.07, 6.45) is -0.992. The van der Waals surface area contributed by atoms with Crippen LogP contribution in [0.15, 0.2) is 48.5 Å². The van der Waals surface area contributed by atoms with E-state index in [1.807, 2.05) is 48.5 Å². The molecule has 0 spiro atoms. The fourth-order valence-electron chi connectivity index (χ4n) is 2.35. The maximum atomic E-state index is 10.3. The second-order valence-corrected chi connectivity index (χ2v) is 4.76. The Morgan fingerprint density at radius 1 is 1.20 bits per heavy atom. The Labute approximate surface area is 118 Å². The average molecular weight is 271 g/mol. The molecule has 104 valence electrons. The molecule has 0 fully saturated rings. The second kappa shape index (κ2) is 5.43. The molecule has 0 unspecified atom stereocenters. The molecule has 0 amide bonds. The van der Waals surface area contributed by atoms with Gasteiger partial charge in [-0.1, -0.05) is 30.3 Å². The molecular weight excluding hydrogens is 254 g/mol. The SMILES string of the molecule is COc1ccc2c(c1)NC[C@@H](O)[C@@H](c1ccccc1)O2. The van der Waals surface area contributed by atoms with Gasteiger partial charge in [0.15, 0.2) is 6.10 Å². The molecule has 3 rings (SSSR count). The van der Waals surface area contributed by atoms with Crippen LogP contribution in [0.25, 0.3) is 0 Å². The minimum atomic E-state index is -0.615. The summed E-state index contributed by atoms with van der Waals surface area (Å²) in [6.45, 7) is 0.430. The summed E-state index contributed by atoms with van der Waals surface area (Å²) in [5.74, 6) is 1.48. The van der Waals surface area contributed by atoms with Crippen LogP contribution in [0.2, 0.25) is 0 Å². The number of methoxy groups -OCH3 is 1. The van der Waals surface area contributed by atoms with Gasteiger partial charge in [-0.25, -0.2) is 0 Å². The van der Waals surface area contributed by atoms with Gasteiger partial charge in [-0.2, -0.15) is 0 Å². The first-order valence-corrected chi connectivity index (χ1v) is 6.59. The van der Waals surface area contributed by atoms with Gasteiger partial charge in [0.25, 0.3) is 0 Å². The lowest BCUT2D eigenvalue weighted by Crippen LogP contribution is -2.27. The summed E-state index contributed by atoms with van der Waals surface area (Å²) in [7, 11) is 1.63. The van der Waals surface area contributed by atoms with Crippen LogP contribution in [-0.2, 0) is 0 Å². The van der Waals surface area contributed by atoms with Gasteiger partial charge in [0, 0.05) is 12.6 Å². The predicted octanol–water partition coefficient (Wildman–Crippen LogP) is 2.60. The van der Waals surface area contributed by atoms with Gasteiger partial charge in [-0.15, -0.1) is 0 Å². The van der Waals surface area contributed by atoms with E-state index < -0.39 is 6.10 Å². The van der Waals surface area contributed by atoms with E-state index in [2.05, 4.69) is 5.32 Å². The van der Waals surface area contributed by atoms with Gasteiger partial charge < -0.3 is 19.9 Å². The topological polar surface area (TPSA) is 50.7 Å². The molecule has 0 aromatic heterocycles. The van der Waals surface area contributed by atoms with E-state index in [1.165, 1.54) is 0 Å². The van der Waals surface area contributed by atoms with E-state index >= 15 is 0 Å². The Kier molecular flexibility index (Phi) is 3.48. The molecule has 4 heteroatoms. The number of nitrogens with one attached hydrogen (secondary N) is 1. The van der Waals surface area contributed by atoms with Gasteiger partial charge in [0.05, 0.1) is 12.8 Å². The van der Waals surface area contributed by atoms with Crippen LogP contribution in [-0.4, -0.2) is 24.9 Å². The number of aliphatic hydroxyl groups excluding tert-OH is 1. The minimum Gasteiger partial charge on any atom is -0.497 e. The van der Waals surface area contributed by atoms with Crippen LogP contribution in [0, 0.1) is 0 Å². The van der Waals surface area contributed by atoms with Crippen molar-refractivity contribution in [3.8, 4) is 11.5 Å². The number of β-amino-alcohol motifs (C(OH)–C–C–N with tert-alkyl or cyclic N) is 1. The molecule has 1 aliphatic heterocycles. The molecule has 2 N–H and O–H groups in total. The highest BCUT2D eigenvalue weighted by atomic mass is 16.5. The third-order valence-electron chi connectivity index (χ3n) is 3.42. The standard InChI is InChI=1S/C16H17NO3/c1-19-12-7-8-15-13(9-12)17-10-14(18)16(20-15)11-5-3-2-4-6-11/h2-9,14,16-18H,10H2,1H3/t14-,16-/m1/s1. The van der Waals surface area contributed by atoms with Crippen LogP contribution in [0.1, 0.15) is 11.7 Å². The number of ether oxygens (including phenoxy) is 2. The van der Waals surface area contributed by atoms with E-state index in [1.54, 1.807) is 7.11 Å². The fraction of sp³-hybridized carbons (Fsp3) is 0.250. The zero-order valence-electron chi connectivity index (χ0n) is 11.2. The lowest BCUT2D eigenvalue weighted by Gasteiger charge is -2.21. The maximum absolute atomic E-state index is 10.3. The van der Waals surface area contributed by atoms with Crippen molar-refractivity contribution in [1.82, 2.24) is 0 Å². The average Bonchev–Trinajstić information content (AvgIpc) is 2.67. The van der Waals surface area contributed by atoms with Gasteiger partial charge in [0.1, 0.15) is 17.6 Å². The van der Waals surface area contributed by atoms with Crippen molar-refractivity contribution in [1.29, 1.82) is 0 Å². The smallest absolute Gasteiger partial charge is 0.151 e. The van der Waals surface area contributed by atoms with Crippen molar-refractivity contribution < 1.29 is 14.6 Å². The number of rotatable bonds is 2. The van der Waals surface area contributed by atoms with E-state index in [0.717, 1.165) is 22.7 Å². The van der Waals surface area contributed by atoms with E-state index in [0.29, 0.717) is 6.54 Å². The molecule has 1 heterocycles. The van der Waals surface area contributed by atoms with Crippen LogP contribution < -0.4 is 14.8 Å². The molecular formula is C16H17NO3. The highest BCUT2D eigenvalue weighted by Gasteiger charge is 2.27. The Hall–Kier alpha value is -2.20. The normalized spacial score (nSPS) is 21.1. The van der Waals surface area contributed by atoms with Crippen LogP contribution in [0.3, 0.4) is 0 Å². The summed E-state index contributed by atoms with van der Waals surface area (Å²) in [5, 5.41) is 13.5. The zero-order valence-corrected chi connectivity index (χ0v) is 11.2. The van der Waals surface area contributed by atoms with Gasteiger partial charge in [-0.05, 0) is 17.7 Å². The first kappa shape index (κ1) is 12.8. The number of hydrogen-bond donors (Lipinski definition) is 2. The van der Waals surface area contributed by atoms with Crippen molar-refractivity contribution in [3.63, 3.8) is 0 Å². The molecule has 0 saturated carbocycles. The highest BCUT2D eigenvalue weighted by molar-refractivity contribution is 5.60. The van der Waals surface area contributed by atoms with Crippen molar-refractivity contribution in [2.24, 2.45) is 0 Å². The molecule has 0 bridgehead atoms.